The molecular formula is C11H11O5. The largest absolute Gasteiger partial charge is 0.497 e. The summed E-state index contributed by atoms with van der Waals surface area (Å²) in [5, 5.41) is 17.4. The van der Waals surface area contributed by atoms with Crippen molar-refractivity contribution in [3.05, 3.63) is 36.2 Å². The smallest absolute Gasteiger partial charge is 0.311 e. The fourth-order valence-electron chi connectivity index (χ4n) is 1.26. The molecule has 0 heterocycles. The molecule has 1 aromatic carbocycles. The molecule has 1 unspecified atom stereocenters. The number of methoxy groups -OCH3 is 1. The Morgan fingerprint density at radius 3 is 2.19 bits per heavy atom. The number of carbonyl (C=O) groups is 2. The van der Waals surface area contributed by atoms with Crippen molar-refractivity contribution in [1.82, 2.24) is 0 Å². The van der Waals surface area contributed by atoms with Gasteiger partial charge < -0.3 is 14.9 Å². The minimum absolute atomic E-state index is 0.399. The second kappa shape index (κ2) is 5.16. The van der Waals surface area contributed by atoms with Crippen LogP contribution in [0.5, 0.6) is 5.75 Å². The van der Waals surface area contributed by atoms with Crippen molar-refractivity contribution < 1.29 is 24.5 Å². The van der Waals surface area contributed by atoms with Gasteiger partial charge in [-0.3, -0.25) is 9.59 Å². The van der Waals surface area contributed by atoms with Crippen LogP contribution in [0.1, 0.15) is 11.5 Å². The van der Waals surface area contributed by atoms with E-state index in [0.717, 1.165) is 6.42 Å². The molecule has 0 amide bonds. The Morgan fingerprint density at radius 2 is 1.81 bits per heavy atom. The molecule has 0 saturated heterocycles. The van der Waals surface area contributed by atoms with E-state index in [1.165, 1.54) is 19.2 Å². The van der Waals surface area contributed by atoms with Crippen LogP contribution in [-0.4, -0.2) is 29.3 Å². The van der Waals surface area contributed by atoms with Gasteiger partial charge in [-0.25, -0.2) is 0 Å². The number of hydrogen-bond donors (Lipinski definition) is 2. The van der Waals surface area contributed by atoms with E-state index in [1.807, 2.05) is 0 Å². The maximum atomic E-state index is 10.9. The van der Waals surface area contributed by atoms with E-state index in [0.29, 0.717) is 11.3 Å². The number of carboxylic acid groups (broad SMARTS) is 2. The van der Waals surface area contributed by atoms with Crippen LogP contribution in [0.25, 0.3) is 0 Å². The summed E-state index contributed by atoms with van der Waals surface area (Å²) in [6, 6.07) is 6.22. The maximum absolute atomic E-state index is 10.9. The molecular weight excluding hydrogens is 212 g/mol. The maximum Gasteiger partial charge on any atom is 0.311 e. The van der Waals surface area contributed by atoms with Crippen LogP contribution < -0.4 is 4.74 Å². The minimum atomic E-state index is -1.26. The number of rotatable bonds is 5. The third kappa shape index (κ3) is 2.98. The van der Waals surface area contributed by atoms with Gasteiger partial charge in [0, 0.05) is 0 Å². The van der Waals surface area contributed by atoms with Crippen LogP contribution in [0.15, 0.2) is 24.3 Å². The Labute approximate surface area is 92.3 Å². The normalized spacial score (nSPS) is 11.8. The van der Waals surface area contributed by atoms with E-state index in [4.69, 9.17) is 14.9 Å². The summed E-state index contributed by atoms with van der Waals surface area (Å²) < 4.78 is 4.92. The van der Waals surface area contributed by atoms with Crippen LogP contribution >= 0.6 is 0 Å². The highest BCUT2D eigenvalue weighted by Gasteiger charge is 2.23. The molecule has 85 valence electrons. The second-order valence-corrected chi connectivity index (χ2v) is 3.09. The fourth-order valence-corrected chi connectivity index (χ4v) is 1.26. The van der Waals surface area contributed by atoms with Gasteiger partial charge in [0.1, 0.15) is 5.75 Å². The van der Waals surface area contributed by atoms with Crippen LogP contribution in [0.3, 0.4) is 0 Å². The lowest BCUT2D eigenvalue weighted by molar-refractivity contribution is -0.141. The van der Waals surface area contributed by atoms with Crippen LogP contribution in [0.4, 0.5) is 0 Å². The molecule has 0 spiro atoms. The molecule has 0 saturated carbocycles. The molecule has 0 aliphatic carbocycles. The summed E-state index contributed by atoms with van der Waals surface area (Å²) in [7, 11) is 1.49. The summed E-state index contributed by atoms with van der Waals surface area (Å²) in [5.74, 6) is -3.03. The average molecular weight is 223 g/mol. The SMILES string of the molecule is COc1ccc(C([CH]C(=O)O)C(=O)O)cc1. The van der Waals surface area contributed by atoms with Crippen molar-refractivity contribution in [1.29, 1.82) is 0 Å². The monoisotopic (exact) mass is 223 g/mol. The summed E-state index contributed by atoms with van der Waals surface area (Å²) in [6.07, 6.45) is 0.740. The van der Waals surface area contributed by atoms with Gasteiger partial charge in [-0.2, -0.15) is 0 Å². The first-order valence-electron chi connectivity index (χ1n) is 4.49. The number of carboxylic acids is 2. The molecule has 16 heavy (non-hydrogen) atoms. The average Bonchev–Trinajstić information content (AvgIpc) is 2.25. The summed E-state index contributed by atoms with van der Waals surface area (Å²) in [6.45, 7) is 0. The number of aliphatic carboxylic acids is 2. The van der Waals surface area contributed by atoms with Crippen molar-refractivity contribution in [2.24, 2.45) is 0 Å². The fraction of sp³-hybridized carbons (Fsp3) is 0.182. The summed E-state index contributed by atoms with van der Waals surface area (Å²) >= 11 is 0. The van der Waals surface area contributed by atoms with Crippen LogP contribution in [0.2, 0.25) is 0 Å². The molecule has 1 aromatic rings. The first kappa shape index (κ1) is 12.0. The van der Waals surface area contributed by atoms with Crippen molar-refractivity contribution >= 4 is 11.9 Å². The van der Waals surface area contributed by atoms with E-state index < -0.39 is 17.9 Å². The van der Waals surface area contributed by atoms with E-state index in [-0.39, 0.29) is 0 Å². The zero-order valence-electron chi connectivity index (χ0n) is 8.58. The molecule has 0 aromatic heterocycles. The predicted octanol–water partition coefficient (Wildman–Crippen LogP) is 1.15. The zero-order valence-corrected chi connectivity index (χ0v) is 8.58. The van der Waals surface area contributed by atoms with Gasteiger partial charge in [0.15, 0.2) is 0 Å². The van der Waals surface area contributed by atoms with Gasteiger partial charge in [0.05, 0.1) is 19.4 Å². The first-order chi connectivity index (χ1) is 7.54. The highest BCUT2D eigenvalue weighted by Crippen LogP contribution is 2.22. The standard InChI is InChI=1S/C11H11O5/c1-16-8-4-2-7(3-5-8)9(11(14)15)6-10(12)13/h2-6,9H,1H3,(H,12,13)(H,14,15). The molecule has 5 heteroatoms. The number of ether oxygens (including phenoxy) is 1. The van der Waals surface area contributed by atoms with Gasteiger partial charge in [-0.15, -0.1) is 0 Å². The summed E-state index contributed by atoms with van der Waals surface area (Å²) in [4.78, 5) is 21.3. The molecule has 2 N–H and O–H groups in total. The van der Waals surface area contributed by atoms with Crippen LogP contribution in [0, 0.1) is 6.42 Å². The topological polar surface area (TPSA) is 83.8 Å². The van der Waals surface area contributed by atoms with E-state index in [2.05, 4.69) is 0 Å². The van der Waals surface area contributed by atoms with Gasteiger partial charge in [0.25, 0.3) is 0 Å². The molecule has 1 rings (SSSR count). The number of hydrogen-bond acceptors (Lipinski definition) is 3. The van der Waals surface area contributed by atoms with Gasteiger partial charge in [-0.05, 0) is 17.7 Å². The van der Waals surface area contributed by atoms with Crippen molar-refractivity contribution in [2.75, 3.05) is 7.11 Å². The van der Waals surface area contributed by atoms with Gasteiger partial charge >= 0.3 is 11.9 Å². The molecule has 5 nitrogen and oxygen atoms in total. The molecule has 0 bridgehead atoms. The number of benzene rings is 1. The lowest BCUT2D eigenvalue weighted by Gasteiger charge is -2.10. The predicted molar refractivity (Wildman–Crippen MR) is 55.3 cm³/mol. The molecule has 1 radical (unpaired) electrons. The quantitative estimate of drug-likeness (QED) is 0.782. The minimum Gasteiger partial charge on any atom is -0.497 e. The van der Waals surface area contributed by atoms with E-state index >= 15 is 0 Å². The third-order valence-corrected chi connectivity index (χ3v) is 2.05. The van der Waals surface area contributed by atoms with E-state index in [1.54, 1.807) is 12.1 Å². The lowest BCUT2D eigenvalue weighted by atomic mass is 9.96. The first-order valence-corrected chi connectivity index (χ1v) is 4.49. The molecule has 0 fully saturated rings. The van der Waals surface area contributed by atoms with Crippen molar-refractivity contribution in [2.45, 2.75) is 5.92 Å². The molecule has 1 atom stereocenters. The summed E-state index contributed by atoms with van der Waals surface area (Å²) in [5.41, 5.74) is 0.399. The molecule has 0 aliphatic heterocycles. The second-order valence-electron chi connectivity index (χ2n) is 3.09. The van der Waals surface area contributed by atoms with Crippen molar-refractivity contribution in [3.63, 3.8) is 0 Å². The molecule has 0 aliphatic rings. The Kier molecular flexibility index (Phi) is 3.88. The highest BCUT2D eigenvalue weighted by atomic mass is 16.5. The Bertz CT molecular complexity index is 382. The van der Waals surface area contributed by atoms with E-state index in [9.17, 15) is 9.59 Å². The lowest BCUT2D eigenvalue weighted by Crippen LogP contribution is -2.16. The van der Waals surface area contributed by atoms with Gasteiger partial charge in [-0.1, -0.05) is 12.1 Å². The highest BCUT2D eigenvalue weighted by molar-refractivity contribution is 5.89. The van der Waals surface area contributed by atoms with Crippen LogP contribution in [-0.2, 0) is 9.59 Å². The Hall–Kier alpha value is -2.04. The van der Waals surface area contributed by atoms with Gasteiger partial charge in [0.2, 0.25) is 0 Å². The van der Waals surface area contributed by atoms with Crippen molar-refractivity contribution in [3.8, 4) is 5.75 Å². The Morgan fingerprint density at radius 1 is 1.25 bits per heavy atom. The third-order valence-electron chi connectivity index (χ3n) is 2.05. The Balaban J connectivity index is 2.92. The zero-order chi connectivity index (χ0) is 12.1.